The van der Waals surface area contributed by atoms with Crippen LogP contribution in [0.1, 0.15) is 36.2 Å². The first-order valence-corrected chi connectivity index (χ1v) is 9.87. The summed E-state index contributed by atoms with van der Waals surface area (Å²) in [7, 11) is 0. The van der Waals surface area contributed by atoms with Crippen LogP contribution < -0.4 is 5.32 Å². The van der Waals surface area contributed by atoms with Crippen molar-refractivity contribution in [3.05, 3.63) is 67.9 Å². The number of hydrogen-bond donors (Lipinski definition) is 1. The Morgan fingerprint density at radius 2 is 1.97 bits per heavy atom. The van der Waals surface area contributed by atoms with Gasteiger partial charge in [-0.05, 0) is 46.7 Å². The summed E-state index contributed by atoms with van der Waals surface area (Å²) in [4.78, 5) is 23.2. The molecule has 1 N–H and O–H groups in total. The molecule has 0 radical (unpaired) electrons. The van der Waals surface area contributed by atoms with E-state index in [2.05, 4.69) is 31.4 Å². The van der Waals surface area contributed by atoms with Gasteiger partial charge in [-0.15, -0.1) is 0 Å². The van der Waals surface area contributed by atoms with Gasteiger partial charge >= 0.3 is 5.82 Å². The van der Waals surface area contributed by atoms with Crippen molar-refractivity contribution in [1.29, 1.82) is 0 Å². The first-order chi connectivity index (χ1) is 13.8. The second-order valence-corrected chi connectivity index (χ2v) is 7.62. The lowest BCUT2D eigenvalue weighted by molar-refractivity contribution is -0.389. The first kappa shape index (κ1) is 20.7. The van der Waals surface area contributed by atoms with Crippen LogP contribution in [0.15, 0.2) is 41.0 Å². The van der Waals surface area contributed by atoms with Crippen LogP contribution in [0.3, 0.4) is 0 Å². The molecule has 0 spiro atoms. The molecule has 2 aromatic heterocycles. The Bertz CT molecular complexity index is 1040. The van der Waals surface area contributed by atoms with Gasteiger partial charge < -0.3 is 15.4 Å². The number of aromatic nitrogens is 4. The lowest BCUT2D eigenvalue weighted by atomic mass is 10.1. The Morgan fingerprint density at radius 1 is 1.28 bits per heavy atom. The summed E-state index contributed by atoms with van der Waals surface area (Å²) in [6, 6.07) is 8.80. The Hall–Kier alpha value is -3.01. The van der Waals surface area contributed by atoms with E-state index in [1.807, 2.05) is 38.1 Å². The van der Waals surface area contributed by atoms with Crippen LogP contribution in [0.2, 0.25) is 0 Å². The van der Waals surface area contributed by atoms with Gasteiger partial charge in [0.05, 0.1) is 27.9 Å². The minimum atomic E-state index is -0.683. The van der Waals surface area contributed by atoms with E-state index in [0.717, 1.165) is 5.56 Å². The van der Waals surface area contributed by atoms with Crippen LogP contribution in [0.25, 0.3) is 0 Å². The molecule has 29 heavy (non-hydrogen) atoms. The zero-order chi connectivity index (χ0) is 21.1. The van der Waals surface area contributed by atoms with Crippen LogP contribution in [0.4, 0.5) is 11.6 Å². The Labute approximate surface area is 176 Å². The zero-order valence-corrected chi connectivity index (χ0v) is 17.9. The molecule has 3 rings (SSSR count). The van der Waals surface area contributed by atoms with Crippen molar-refractivity contribution in [3.63, 3.8) is 0 Å². The van der Waals surface area contributed by atoms with Crippen molar-refractivity contribution in [2.45, 2.75) is 39.8 Å². The second-order valence-electron chi connectivity index (χ2n) is 6.77. The van der Waals surface area contributed by atoms with Gasteiger partial charge in [-0.3, -0.25) is 9.48 Å². The van der Waals surface area contributed by atoms with Gasteiger partial charge in [0.15, 0.2) is 11.9 Å². The maximum absolute atomic E-state index is 12.8. The number of carbonyl (C=O) groups is 1. The van der Waals surface area contributed by atoms with Crippen molar-refractivity contribution >= 4 is 33.5 Å². The van der Waals surface area contributed by atoms with Gasteiger partial charge in [-0.2, -0.15) is 9.78 Å². The van der Waals surface area contributed by atoms with E-state index in [9.17, 15) is 14.9 Å². The van der Waals surface area contributed by atoms with Gasteiger partial charge in [0, 0.05) is 6.20 Å². The van der Waals surface area contributed by atoms with E-state index in [1.54, 1.807) is 17.8 Å². The molecule has 1 amide bonds. The van der Waals surface area contributed by atoms with Crippen LogP contribution >= 0.6 is 15.9 Å². The summed E-state index contributed by atoms with van der Waals surface area (Å²) in [5, 5.41) is 22.1. The minimum Gasteiger partial charge on any atom is -0.358 e. The fourth-order valence-corrected chi connectivity index (χ4v) is 3.40. The molecule has 1 atom stereocenters. The third-order valence-electron chi connectivity index (χ3n) is 4.50. The van der Waals surface area contributed by atoms with Gasteiger partial charge in [0.25, 0.3) is 5.91 Å². The van der Waals surface area contributed by atoms with Crippen molar-refractivity contribution in [2.75, 3.05) is 5.32 Å². The number of halogens is 1. The van der Waals surface area contributed by atoms with E-state index in [-0.39, 0.29) is 11.7 Å². The first-order valence-electron chi connectivity index (χ1n) is 9.08. The number of nitro groups is 1. The zero-order valence-electron chi connectivity index (χ0n) is 16.3. The number of hydrogen-bond acceptors (Lipinski definition) is 5. The second kappa shape index (κ2) is 8.56. The maximum Gasteiger partial charge on any atom is 0.390 e. The summed E-state index contributed by atoms with van der Waals surface area (Å²) < 4.78 is 3.76. The van der Waals surface area contributed by atoms with Gasteiger partial charge in [0.1, 0.15) is 0 Å². The molecule has 10 heteroatoms. The molecule has 1 unspecified atom stereocenters. The standard InChI is InChI=1S/C19H21BrN6O3/c1-4-16(25-13(3)9-17(22-25)26(28)29)19(27)21-18-15(20)11-24(23-18)10-14-7-5-12(2)6-8-14/h5-9,11,16H,4,10H2,1-3H3,(H,21,23,27). The molecule has 0 aliphatic rings. The molecule has 2 heterocycles. The monoisotopic (exact) mass is 460 g/mol. The summed E-state index contributed by atoms with van der Waals surface area (Å²) in [6.07, 6.45) is 2.22. The third kappa shape index (κ3) is 4.70. The summed E-state index contributed by atoms with van der Waals surface area (Å²) >= 11 is 3.43. The molecule has 152 valence electrons. The van der Waals surface area contributed by atoms with Crippen molar-refractivity contribution < 1.29 is 9.72 Å². The highest BCUT2D eigenvalue weighted by atomic mass is 79.9. The highest BCUT2D eigenvalue weighted by molar-refractivity contribution is 9.10. The SMILES string of the molecule is CCC(C(=O)Nc1nn(Cc2ccc(C)cc2)cc1Br)n1nc([N+](=O)[O-])cc1C. The minimum absolute atomic E-state index is 0.280. The Morgan fingerprint density at radius 3 is 2.55 bits per heavy atom. The molecule has 0 aliphatic carbocycles. The van der Waals surface area contributed by atoms with Crippen LogP contribution in [-0.4, -0.2) is 30.4 Å². The molecule has 1 aromatic carbocycles. The predicted octanol–water partition coefficient (Wildman–Crippen LogP) is 4.01. The number of benzene rings is 1. The molecule has 0 bridgehead atoms. The summed E-state index contributed by atoms with van der Waals surface area (Å²) in [6.45, 7) is 6.10. The van der Waals surface area contributed by atoms with E-state index < -0.39 is 11.0 Å². The molecule has 3 aromatic rings. The van der Waals surface area contributed by atoms with Gasteiger partial charge in [-0.1, -0.05) is 36.8 Å². The maximum atomic E-state index is 12.8. The van der Waals surface area contributed by atoms with Crippen molar-refractivity contribution in [1.82, 2.24) is 19.6 Å². The highest BCUT2D eigenvalue weighted by Gasteiger charge is 2.28. The van der Waals surface area contributed by atoms with E-state index >= 15 is 0 Å². The lowest BCUT2D eigenvalue weighted by Gasteiger charge is -2.13. The van der Waals surface area contributed by atoms with Crippen molar-refractivity contribution in [2.24, 2.45) is 0 Å². The van der Waals surface area contributed by atoms with E-state index in [1.165, 1.54) is 16.3 Å². The van der Waals surface area contributed by atoms with Crippen LogP contribution in [0.5, 0.6) is 0 Å². The average molecular weight is 461 g/mol. The summed E-state index contributed by atoms with van der Waals surface area (Å²) in [5.74, 6) is -0.230. The number of nitrogens with zero attached hydrogens (tertiary/aromatic N) is 5. The normalized spacial score (nSPS) is 12.0. The molecule has 0 fully saturated rings. The van der Waals surface area contributed by atoms with Crippen LogP contribution in [0, 0.1) is 24.0 Å². The van der Waals surface area contributed by atoms with Gasteiger partial charge in [-0.25, -0.2) is 0 Å². The third-order valence-corrected chi connectivity index (χ3v) is 5.09. The number of carbonyl (C=O) groups excluding carboxylic acids is 1. The average Bonchev–Trinajstić information content (AvgIpc) is 3.21. The number of rotatable bonds is 7. The van der Waals surface area contributed by atoms with Gasteiger partial charge in [0.2, 0.25) is 0 Å². The number of aryl methyl sites for hydroxylation is 2. The fraction of sp³-hybridized carbons (Fsp3) is 0.316. The highest BCUT2D eigenvalue weighted by Crippen LogP contribution is 2.24. The fourth-order valence-electron chi connectivity index (χ4n) is 2.99. The lowest BCUT2D eigenvalue weighted by Crippen LogP contribution is -2.27. The molecule has 0 saturated heterocycles. The summed E-state index contributed by atoms with van der Waals surface area (Å²) in [5.41, 5.74) is 2.82. The number of amides is 1. The predicted molar refractivity (Wildman–Crippen MR) is 112 cm³/mol. The smallest absolute Gasteiger partial charge is 0.358 e. The molecular formula is C19H21BrN6O3. The topological polar surface area (TPSA) is 108 Å². The van der Waals surface area contributed by atoms with E-state index in [0.29, 0.717) is 29.0 Å². The van der Waals surface area contributed by atoms with E-state index in [4.69, 9.17) is 0 Å². The number of anilines is 1. The largest absolute Gasteiger partial charge is 0.390 e. The Kier molecular flexibility index (Phi) is 6.12. The molecule has 0 saturated carbocycles. The molecule has 9 nitrogen and oxygen atoms in total. The van der Waals surface area contributed by atoms with Crippen molar-refractivity contribution in [3.8, 4) is 0 Å². The van der Waals surface area contributed by atoms with Crippen LogP contribution in [-0.2, 0) is 11.3 Å². The quantitative estimate of drug-likeness (QED) is 0.423. The molecule has 0 aliphatic heterocycles. The Balaban J connectivity index is 1.76. The molecular weight excluding hydrogens is 440 g/mol. The number of nitrogens with one attached hydrogen (secondary N) is 1.